The van der Waals surface area contributed by atoms with E-state index < -0.39 is 27.1 Å². The number of carbonyl (C=O) groups excluding carboxylic acids is 1. The molecule has 0 unspecified atom stereocenters. The third-order valence-electron chi connectivity index (χ3n) is 3.45. The van der Waals surface area contributed by atoms with Gasteiger partial charge >= 0.3 is 5.97 Å². The normalized spacial score (nSPS) is 18.2. The van der Waals surface area contributed by atoms with Crippen LogP contribution in [0.2, 0.25) is 5.02 Å². The Kier molecular flexibility index (Phi) is 5.64. The van der Waals surface area contributed by atoms with Gasteiger partial charge in [0.2, 0.25) is 10.0 Å². The third kappa shape index (κ3) is 4.23. The number of anilines is 1. The highest BCUT2D eigenvalue weighted by Gasteiger charge is 2.35. The molecule has 8 heteroatoms. The molecule has 1 aliphatic carbocycles. The minimum Gasteiger partial charge on any atom is -0.463 e. The van der Waals surface area contributed by atoms with Crippen LogP contribution in [-0.4, -0.2) is 26.2 Å². The SMILES string of the molecule is CCOC(=O)C1=CCCC[C@H]1S(=O)(=O)Nc1ccc([18F])cc1Cl. The Morgan fingerprint density at radius 2 is 2.22 bits per heavy atom. The molecule has 1 atom stereocenters. The Morgan fingerprint density at radius 1 is 1.48 bits per heavy atom. The summed E-state index contributed by atoms with van der Waals surface area (Å²) < 4.78 is 45.5. The second kappa shape index (κ2) is 7.31. The Bertz CT molecular complexity index is 733. The molecular weight excluding hydrogens is 344 g/mol. The van der Waals surface area contributed by atoms with Crippen LogP contribution in [-0.2, 0) is 19.6 Å². The van der Waals surface area contributed by atoms with E-state index in [0.717, 1.165) is 12.1 Å². The maximum atomic E-state index is 13.1. The van der Waals surface area contributed by atoms with Crippen LogP contribution in [0.4, 0.5) is 10.1 Å². The molecule has 126 valence electrons. The van der Waals surface area contributed by atoms with Gasteiger partial charge in [0.1, 0.15) is 11.1 Å². The summed E-state index contributed by atoms with van der Waals surface area (Å²) in [5, 5.41) is -1.07. The van der Waals surface area contributed by atoms with Crippen LogP contribution in [0.3, 0.4) is 0 Å². The molecule has 1 N–H and O–H groups in total. The largest absolute Gasteiger partial charge is 0.463 e. The lowest BCUT2D eigenvalue weighted by atomic mass is 9.99. The molecule has 1 aromatic rings. The van der Waals surface area contributed by atoms with Gasteiger partial charge in [-0.25, -0.2) is 17.6 Å². The molecule has 0 aliphatic heterocycles. The van der Waals surface area contributed by atoms with Gasteiger partial charge in [-0.05, 0) is 44.4 Å². The third-order valence-corrected chi connectivity index (χ3v) is 5.51. The molecule has 0 bridgehead atoms. The van der Waals surface area contributed by atoms with E-state index >= 15 is 0 Å². The zero-order chi connectivity index (χ0) is 17.0. The van der Waals surface area contributed by atoms with Crippen molar-refractivity contribution in [2.45, 2.75) is 31.4 Å². The summed E-state index contributed by atoms with van der Waals surface area (Å²) in [5.41, 5.74) is 0.200. The molecule has 0 saturated carbocycles. The van der Waals surface area contributed by atoms with Gasteiger partial charge in [-0.2, -0.15) is 0 Å². The first-order valence-electron chi connectivity index (χ1n) is 7.19. The van der Waals surface area contributed by atoms with Gasteiger partial charge in [0.05, 0.1) is 22.9 Å². The van der Waals surface area contributed by atoms with Crippen LogP contribution < -0.4 is 4.72 Å². The molecule has 23 heavy (non-hydrogen) atoms. The second-order valence-corrected chi connectivity index (χ2v) is 7.34. The molecule has 0 spiro atoms. The highest BCUT2D eigenvalue weighted by Crippen LogP contribution is 2.30. The van der Waals surface area contributed by atoms with Crippen molar-refractivity contribution in [2.24, 2.45) is 0 Å². The minimum absolute atomic E-state index is 0.0500. The van der Waals surface area contributed by atoms with Gasteiger partial charge in [-0.3, -0.25) is 4.72 Å². The van der Waals surface area contributed by atoms with E-state index in [1.807, 2.05) is 0 Å². The fourth-order valence-corrected chi connectivity index (χ4v) is 4.30. The van der Waals surface area contributed by atoms with Crippen LogP contribution in [0.15, 0.2) is 29.8 Å². The first-order chi connectivity index (χ1) is 10.8. The number of esters is 1. The van der Waals surface area contributed by atoms with Crippen LogP contribution in [0.1, 0.15) is 26.2 Å². The molecule has 2 rings (SSSR count). The Balaban J connectivity index is 2.28. The van der Waals surface area contributed by atoms with E-state index in [1.165, 1.54) is 6.07 Å². The molecule has 0 radical (unpaired) electrons. The standard InChI is InChI=1S/C15H17ClFNO4S/c1-2-22-15(19)11-5-3-4-6-14(11)23(20,21)18-13-8-7-10(17)9-12(13)16/h5,7-9,14,18H,2-4,6H2,1H3/t14-/m1/s1/i17-1. The molecule has 5 nitrogen and oxygen atoms in total. The Morgan fingerprint density at radius 3 is 2.87 bits per heavy atom. The maximum Gasteiger partial charge on any atom is 0.335 e. The first-order valence-corrected chi connectivity index (χ1v) is 9.11. The summed E-state index contributed by atoms with van der Waals surface area (Å²) in [7, 11) is -3.91. The van der Waals surface area contributed by atoms with Gasteiger partial charge in [-0.15, -0.1) is 0 Å². The number of nitrogens with one attached hydrogen (secondary N) is 1. The predicted octanol–water partition coefficient (Wildman–Crippen LogP) is 3.26. The summed E-state index contributed by atoms with van der Waals surface area (Å²) in [4.78, 5) is 12.0. The van der Waals surface area contributed by atoms with E-state index in [2.05, 4.69) is 4.72 Å². The van der Waals surface area contributed by atoms with Crippen molar-refractivity contribution in [1.82, 2.24) is 0 Å². The van der Waals surface area contributed by atoms with E-state index in [9.17, 15) is 17.6 Å². The zero-order valence-corrected chi connectivity index (χ0v) is 14.1. The number of rotatable bonds is 5. The summed E-state index contributed by atoms with van der Waals surface area (Å²) in [6.07, 6.45) is 3.17. The average molecular weight is 361 g/mol. The van der Waals surface area contributed by atoms with Crippen molar-refractivity contribution < 1.29 is 22.3 Å². The van der Waals surface area contributed by atoms with Gasteiger partial charge in [0.15, 0.2) is 0 Å². The molecule has 0 saturated heterocycles. The number of sulfonamides is 1. The van der Waals surface area contributed by atoms with Crippen molar-refractivity contribution >= 4 is 33.3 Å². The number of halogens is 2. The molecular formula is C15H17ClFNO4S. The monoisotopic (exact) mass is 360 g/mol. The lowest BCUT2D eigenvalue weighted by Gasteiger charge is -2.24. The highest BCUT2D eigenvalue weighted by atomic mass is 35.5. The van der Waals surface area contributed by atoms with Gasteiger partial charge in [0, 0.05) is 0 Å². The minimum atomic E-state index is -3.91. The van der Waals surface area contributed by atoms with Crippen molar-refractivity contribution in [3.05, 3.63) is 40.7 Å². The van der Waals surface area contributed by atoms with Crippen molar-refractivity contribution in [2.75, 3.05) is 11.3 Å². The first kappa shape index (κ1) is 17.7. The molecule has 0 heterocycles. The van der Waals surface area contributed by atoms with Gasteiger partial charge < -0.3 is 4.74 Å². The number of allylic oxidation sites excluding steroid dienone is 1. The number of hydrogen-bond acceptors (Lipinski definition) is 4. The smallest absolute Gasteiger partial charge is 0.335 e. The van der Waals surface area contributed by atoms with Crippen LogP contribution in [0, 0.1) is 5.82 Å². The van der Waals surface area contributed by atoms with Crippen molar-refractivity contribution in [1.29, 1.82) is 0 Å². The maximum absolute atomic E-state index is 13.1. The molecule has 0 amide bonds. The summed E-state index contributed by atoms with van der Waals surface area (Å²) in [6, 6.07) is 3.36. The number of carbonyl (C=O) groups is 1. The second-order valence-electron chi connectivity index (χ2n) is 5.07. The van der Waals surface area contributed by atoms with Crippen molar-refractivity contribution in [3.63, 3.8) is 0 Å². The Labute approximate surface area is 139 Å². The molecule has 1 aliphatic rings. The average Bonchev–Trinajstić information content (AvgIpc) is 2.50. The Hall–Kier alpha value is -1.60. The van der Waals surface area contributed by atoms with Gasteiger partial charge in [0.25, 0.3) is 0 Å². The van der Waals surface area contributed by atoms with Crippen molar-refractivity contribution in [3.8, 4) is 0 Å². The summed E-state index contributed by atoms with van der Waals surface area (Å²) >= 11 is 5.85. The lowest BCUT2D eigenvalue weighted by Crippen LogP contribution is -2.34. The molecule has 0 fully saturated rings. The summed E-state index contributed by atoms with van der Waals surface area (Å²) in [6.45, 7) is 1.82. The fraction of sp³-hybridized carbons (Fsp3) is 0.400. The highest BCUT2D eigenvalue weighted by molar-refractivity contribution is 7.93. The fourth-order valence-electron chi connectivity index (χ4n) is 2.40. The molecule has 0 aromatic heterocycles. The van der Waals surface area contributed by atoms with Crippen LogP contribution >= 0.6 is 11.6 Å². The predicted molar refractivity (Wildman–Crippen MR) is 86.3 cm³/mol. The van der Waals surface area contributed by atoms with E-state index in [1.54, 1.807) is 13.0 Å². The van der Waals surface area contributed by atoms with Gasteiger partial charge in [-0.1, -0.05) is 17.7 Å². The van der Waals surface area contributed by atoms with Crippen LogP contribution in [0.5, 0.6) is 0 Å². The quantitative estimate of drug-likeness (QED) is 0.818. The molecule has 1 aromatic carbocycles. The van der Waals surface area contributed by atoms with E-state index in [4.69, 9.17) is 16.3 Å². The zero-order valence-electron chi connectivity index (χ0n) is 12.5. The lowest BCUT2D eigenvalue weighted by molar-refractivity contribution is -0.138. The number of benzene rings is 1. The van der Waals surface area contributed by atoms with E-state index in [-0.39, 0.29) is 22.9 Å². The number of hydrogen-bond donors (Lipinski definition) is 1. The van der Waals surface area contributed by atoms with E-state index in [0.29, 0.717) is 19.3 Å². The summed E-state index contributed by atoms with van der Waals surface area (Å²) in [5.74, 6) is -1.20. The topological polar surface area (TPSA) is 72.5 Å². The van der Waals surface area contributed by atoms with Crippen LogP contribution in [0.25, 0.3) is 0 Å². The number of ether oxygens (including phenoxy) is 1.